The fraction of sp³-hybridized carbons (Fsp3) is 0.133. The van der Waals surface area contributed by atoms with Crippen molar-refractivity contribution in [3.05, 3.63) is 131 Å². The smallest absolute Gasteiger partial charge is 0.408 e. The molecule has 37 heavy (non-hydrogen) atoms. The lowest BCUT2D eigenvalue weighted by Gasteiger charge is -2.19. The fourth-order valence-corrected chi connectivity index (χ4v) is 3.62. The first kappa shape index (κ1) is 25.5. The molecular formula is C30H29N3O4. The molecule has 7 nitrogen and oxygen atoms in total. The van der Waals surface area contributed by atoms with Gasteiger partial charge in [0.25, 0.3) is 5.91 Å². The van der Waals surface area contributed by atoms with E-state index in [9.17, 15) is 9.59 Å². The summed E-state index contributed by atoms with van der Waals surface area (Å²) in [5.41, 5.74) is 9.68. The normalized spacial score (nSPS) is 11.3. The Morgan fingerprint density at radius 1 is 0.703 bits per heavy atom. The van der Waals surface area contributed by atoms with E-state index in [-0.39, 0.29) is 6.61 Å². The van der Waals surface area contributed by atoms with Gasteiger partial charge in [0.1, 0.15) is 25.0 Å². The highest BCUT2D eigenvalue weighted by atomic mass is 16.5. The van der Waals surface area contributed by atoms with Crippen LogP contribution in [0.5, 0.6) is 5.75 Å². The maximum Gasteiger partial charge on any atom is 0.408 e. The Hall–Kier alpha value is -4.62. The first-order valence-corrected chi connectivity index (χ1v) is 11.9. The molecule has 7 heteroatoms. The summed E-state index contributed by atoms with van der Waals surface area (Å²) >= 11 is 0. The van der Waals surface area contributed by atoms with Crippen LogP contribution in [0.2, 0.25) is 0 Å². The monoisotopic (exact) mass is 495 g/mol. The second-order valence-corrected chi connectivity index (χ2v) is 8.37. The maximum absolute atomic E-state index is 13.2. The van der Waals surface area contributed by atoms with Crippen molar-refractivity contribution in [3.63, 3.8) is 0 Å². The fourth-order valence-electron chi connectivity index (χ4n) is 3.62. The number of benzene rings is 4. The number of alkyl carbamates (subject to hydrolysis) is 1. The zero-order chi connectivity index (χ0) is 25.9. The number of rotatable bonds is 10. The summed E-state index contributed by atoms with van der Waals surface area (Å²) in [6, 6.07) is 32.4. The summed E-state index contributed by atoms with van der Waals surface area (Å²) in [7, 11) is 0. The van der Waals surface area contributed by atoms with Gasteiger partial charge in [-0.15, -0.1) is 0 Å². The van der Waals surface area contributed by atoms with Crippen LogP contribution in [0, 0.1) is 0 Å². The van der Waals surface area contributed by atoms with Crippen LogP contribution in [0.4, 0.5) is 10.5 Å². The molecule has 0 unspecified atom stereocenters. The molecule has 0 heterocycles. The molecule has 4 aromatic carbocycles. The minimum atomic E-state index is -0.986. The Morgan fingerprint density at radius 2 is 1.30 bits per heavy atom. The number of nitrogens with one attached hydrogen (secondary N) is 2. The van der Waals surface area contributed by atoms with Gasteiger partial charge in [-0.25, -0.2) is 4.79 Å². The predicted octanol–water partition coefficient (Wildman–Crippen LogP) is 5.33. The van der Waals surface area contributed by atoms with Crippen molar-refractivity contribution in [2.24, 2.45) is 5.73 Å². The van der Waals surface area contributed by atoms with E-state index >= 15 is 0 Å². The summed E-state index contributed by atoms with van der Waals surface area (Å²) < 4.78 is 11.2. The number of carbonyl (C=O) groups excluding carboxylic acids is 2. The van der Waals surface area contributed by atoms with Crippen LogP contribution in [-0.2, 0) is 29.3 Å². The van der Waals surface area contributed by atoms with Crippen molar-refractivity contribution < 1.29 is 19.1 Å². The van der Waals surface area contributed by atoms with Crippen LogP contribution in [0.1, 0.15) is 28.3 Å². The molecule has 0 spiro atoms. The highest BCUT2D eigenvalue weighted by Gasteiger charge is 2.24. The molecule has 0 saturated carbocycles. The van der Waals surface area contributed by atoms with Crippen molar-refractivity contribution in [2.75, 3.05) is 5.32 Å². The SMILES string of the molecule is NCc1ccc(NC(=O)[C@@H](NC(=O)OCc2ccccc2)c2ccc(OCc3ccccc3)cc2)cc1. The number of carbonyl (C=O) groups is 2. The number of amides is 2. The Morgan fingerprint density at radius 3 is 1.89 bits per heavy atom. The van der Waals surface area contributed by atoms with Gasteiger partial charge in [0.2, 0.25) is 0 Å². The lowest BCUT2D eigenvalue weighted by Crippen LogP contribution is -2.37. The first-order valence-electron chi connectivity index (χ1n) is 11.9. The van der Waals surface area contributed by atoms with Gasteiger partial charge in [-0.05, 0) is 46.5 Å². The molecule has 0 bridgehead atoms. The van der Waals surface area contributed by atoms with Crippen LogP contribution in [0.15, 0.2) is 109 Å². The van der Waals surface area contributed by atoms with E-state index in [0.717, 1.165) is 16.7 Å². The van der Waals surface area contributed by atoms with E-state index < -0.39 is 18.0 Å². The Labute approximate surface area is 216 Å². The second kappa shape index (κ2) is 12.9. The highest BCUT2D eigenvalue weighted by molar-refractivity contribution is 5.97. The van der Waals surface area contributed by atoms with Gasteiger partial charge in [0, 0.05) is 12.2 Å². The van der Waals surface area contributed by atoms with Gasteiger partial charge < -0.3 is 25.8 Å². The second-order valence-electron chi connectivity index (χ2n) is 8.37. The number of ether oxygens (including phenoxy) is 2. The molecule has 0 aromatic heterocycles. The van der Waals surface area contributed by atoms with E-state index in [1.807, 2.05) is 72.8 Å². The van der Waals surface area contributed by atoms with Crippen molar-refractivity contribution in [1.29, 1.82) is 0 Å². The van der Waals surface area contributed by atoms with Gasteiger partial charge in [0.05, 0.1) is 0 Å². The molecule has 4 rings (SSSR count). The molecule has 4 N–H and O–H groups in total. The predicted molar refractivity (Wildman–Crippen MR) is 143 cm³/mol. The lowest BCUT2D eigenvalue weighted by molar-refractivity contribution is -0.118. The van der Waals surface area contributed by atoms with Crippen LogP contribution >= 0.6 is 0 Å². The zero-order valence-corrected chi connectivity index (χ0v) is 20.3. The van der Waals surface area contributed by atoms with E-state index in [0.29, 0.717) is 30.2 Å². The standard InChI is InChI=1S/C30H29N3O4/c31-19-22-11-15-26(16-12-22)32-29(34)28(33-30(35)37-21-24-9-5-2-6-10-24)25-13-17-27(18-14-25)36-20-23-7-3-1-4-8-23/h1-18,28H,19-21,31H2,(H,32,34)(H,33,35)/t28-/m0/s1. The number of nitrogens with two attached hydrogens (primary N) is 1. The third-order valence-corrected chi connectivity index (χ3v) is 5.66. The summed E-state index contributed by atoms with van der Waals surface area (Å²) in [6.45, 7) is 0.922. The summed E-state index contributed by atoms with van der Waals surface area (Å²) in [4.78, 5) is 25.9. The molecule has 2 amide bonds. The van der Waals surface area contributed by atoms with E-state index in [4.69, 9.17) is 15.2 Å². The molecular weight excluding hydrogens is 466 g/mol. The average molecular weight is 496 g/mol. The maximum atomic E-state index is 13.2. The van der Waals surface area contributed by atoms with Crippen LogP contribution < -0.4 is 21.1 Å². The van der Waals surface area contributed by atoms with E-state index in [2.05, 4.69) is 10.6 Å². The number of anilines is 1. The minimum Gasteiger partial charge on any atom is -0.489 e. The topological polar surface area (TPSA) is 103 Å². The Bertz CT molecular complexity index is 1280. The largest absolute Gasteiger partial charge is 0.489 e. The third-order valence-electron chi connectivity index (χ3n) is 5.66. The first-order chi connectivity index (χ1) is 18.1. The van der Waals surface area contributed by atoms with Gasteiger partial charge >= 0.3 is 6.09 Å². The third kappa shape index (κ3) is 7.68. The molecule has 0 aliphatic rings. The van der Waals surface area contributed by atoms with Gasteiger partial charge in [-0.2, -0.15) is 0 Å². The van der Waals surface area contributed by atoms with Gasteiger partial charge in [-0.3, -0.25) is 4.79 Å². The van der Waals surface area contributed by atoms with Crippen molar-refractivity contribution in [2.45, 2.75) is 25.8 Å². The van der Waals surface area contributed by atoms with Gasteiger partial charge in [-0.1, -0.05) is 84.9 Å². The molecule has 4 aromatic rings. The molecule has 188 valence electrons. The van der Waals surface area contributed by atoms with Crippen molar-refractivity contribution in [3.8, 4) is 5.75 Å². The zero-order valence-electron chi connectivity index (χ0n) is 20.3. The van der Waals surface area contributed by atoms with Crippen LogP contribution in [0.25, 0.3) is 0 Å². The summed E-state index contributed by atoms with van der Waals surface area (Å²) in [6.07, 6.45) is -0.702. The quantitative estimate of drug-likeness (QED) is 0.276. The minimum absolute atomic E-state index is 0.0911. The molecule has 1 atom stereocenters. The summed E-state index contributed by atoms with van der Waals surface area (Å²) in [5, 5.41) is 5.54. The summed E-state index contributed by atoms with van der Waals surface area (Å²) in [5.74, 6) is 0.242. The van der Waals surface area contributed by atoms with Crippen LogP contribution in [0.3, 0.4) is 0 Å². The molecule has 0 aliphatic heterocycles. The van der Waals surface area contributed by atoms with Crippen molar-refractivity contribution in [1.82, 2.24) is 5.32 Å². The van der Waals surface area contributed by atoms with E-state index in [1.54, 1.807) is 36.4 Å². The Kier molecular flexibility index (Phi) is 8.88. The van der Waals surface area contributed by atoms with Crippen LogP contribution in [-0.4, -0.2) is 12.0 Å². The molecule has 0 fully saturated rings. The highest BCUT2D eigenvalue weighted by Crippen LogP contribution is 2.21. The average Bonchev–Trinajstić information content (AvgIpc) is 2.95. The van der Waals surface area contributed by atoms with Crippen molar-refractivity contribution >= 4 is 17.7 Å². The molecule has 0 radical (unpaired) electrons. The lowest BCUT2D eigenvalue weighted by atomic mass is 10.1. The number of hydrogen-bond donors (Lipinski definition) is 3. The number of hydrogen-bond acceptors (Lipinski definition) is 5. The molecule has 0 saturated heterocycles. The van der Waals surface area contributed by atoms with E-state index in [1.165, 1.54) is 0 Å². The Balaban J connectivity index is 1.45. The molecule has 0 aliphatic carbocycles. The van der Waals surface area contributed by atoms with Gasteiger partial charge in [0.15, 0.2) is 0 Å².